The van der Waals surface area contributed by atoms with Crippen LogP contribution in [0.1, 0.15) is 11.3 Å². The molecule has 5 nitrogen and oxygen atoms in total. The summed E-state index contributed by atoms with van der Waals surface area (Å²) in [7, 11) is 1.90. The minimum absolute atomic E-state index is 0.548. The number of imidazole rings is 1. The molecule has 0 atom stereocenters. The maximum atomic E-state index is 5.72. The molecular weight excluding hydrogens is 178 g/mol. The van der Waals surface area contributed by atoms with Gasteiger partial charge in [-0.25, -0.2) is 4.98 Å². The van der Waals surface area contributed by atoms with Crippen LogP contribution in [-0.4, -0.2) is 19.3 Å². The number of nitrogen functional groups attached to an aromatic ring is 1. The van der Waals surface area contributed by atoms with E-state index in [-0.39, 0.29) is 0 Å². The van der Waals surface area contributed by atoms with Crippen molar-refractivity contribution in [3.05, 3.63) is 29.8 Å². The Morgan fingerprint density at radius 2 is 2.21 bits per heavy atom. The van der Waals surface area contributed by atoms with Gasteiger partial charge in [0.15, 0.2) is 0 Å². The number of rotatable bonds is 2. The van der Waals surface area contributed by atoms with Gasteiger partial charge in [0.25, 0.3) is 0 Å². The first-order valence-electron chi connectivity index (χ1n) is 4.42. The van der Waals surface area contributed by atoms with Crippen LogP contribution in [0.15, 0.2) is 18.6 Å². The molecule has 74 valence electrons. The van der Waals surface area contributed by atoms with Crippen LogP contribution in [0, 0.1) is 6.92 Å². The van der Waals surface area contributed by atoms with Gasteiger partial charge in [0.1, 0.15) is 0 Å². The topological polar surface area (TPSA) is 61.7 Å². The van der Waals surface area contributed by atoms with Crippen molar-refractivity contribution in [3.8, 4) is 0 Å². The molecular formula is C9H13N5. The number of hydrogen-bond acceptors (Lipinski definition) is 3. The van der Waals surface area contributed by atoms with Gasteiger partial charge in [0.05, 0.1) is 18.9 Å². The Kier molecular flexibility index (Phi) is 1.99. The number of anilines is 1. The molecule has 14 heavy (non-hydrogen) atoms. The zero-order valence-corrected chi connectivity index (χ0v) is 8.31. The first-order chi connectivity index (χ1) is 6.66. The summed E-state index contributed by atoms with van der Waals surface area (Å²) in [5.74, 6) is 0.548. The van der Waals surface area contributed by atoms with E-state index < -0.39 is 0 Å². The maximum absolute atomic E-state index is 5.72. The van der Waals surface area contributed by atoms with Crippen LogP contribution in [0.2, 0.25) is 0 Å². The van der Waals surface area contributed by atoms with Crippen LogP contribution in [0.5, 0.6) is 0 Å². The lowest BCUT2D eigenvalue weighted by atomic mass is 10.3. The molecule has 0 radical (unpaired) electrons. The SMILES string of the molecule is Cc1cnc(N)n1Cc1cnn(C)c1. The molecule has 2 N–H and O–H groups in total. The lowest BCUT2D eigenvalue weighted by Gasteiger charge is -2.04. The lowest BCUT2D eigenvalue weighted by Crippen LogP contribution is -2.05. The first kappa shape index (κ1) is 8.80. The van der Waals surface area contributed by atoms with Crippen LogP contribution in [0.4, 0.5) is 5.95 Å². The highest BCUT2D eigenvalue weighted by Crippen LogP contribution is 2.09. The molecule has 2 aromatic rings. The van der Waals surface area contributed by atoms with E-state index in [0.29, 0.717) is 5.95 Å². The van der Waals surface area contributed by atoms with Gasteiger partial charge in [-0.2, -0.15) is 5.10 Å². The van der Waals surface area contributed by atoms with Crippen molar-refractivity contribution >= 4 is 5.95 Å². The van der Waals surface area contributed by atoms with E-state index in [0.717, 1.165) is 17.8 Å². The molecule has 0 saturated heterocycles. The minimum atomic E-state index is 0.548. The third-order valence-corrected chi connectivity index (χ3v) is 2.18. The summed E-state index contributed by atoms with van der Waals surface area (Å²) < 4.78 is 3.73. The Hall–Kier alpha value is -1.78. The first-order valence-corrected chi connectivity index (χ1v) is 4.42. The van der Waals surface area contributed by atoms with E-state index >= 15 is 0 Å². The molecule has 2 aromatic heterocycles. The zero-order chi connectivity index (χ0) is 10.1. The Labute approximate surface area is 82.2 Å². The van der Waals surface area contributed by atoms with Gasteiger partial charge in [0.2, 0.25) is 5.95 Å². The average Bonchev–Trinajstić information content (AvgIpc) is 2.67. The maximum Gasteiger partial charge on any atom is 0.200 e. The van der Waals surface area contributed by atoms with Gasteiger partial charge in [-0.3, -0.25) is 4.68 Å². The van der Waals surface area contributed by atoms with Crippen molar-refractivity contribution in [2.24, 2.45) is 7.05 Å². The predicted octanol–water partition coefficient (Wildman–Crippen LogP) is 0.556. The van der Waals surface area contributed by atoms with Crippen LogP contribution in [0.25, 0.3) is 0 Å². The second kappa shape index (κ2) is 3.17. The molecule has 5 heteroatoms. The largest absolute Gasteiger partial charge is 0.369 e. The molecule has 0 spiro atoms. The minimum Gasteiger partial charge on any atom is -0.369 e. The van der Waals surface area contributed by atoms with E-state index in [1.807, 2.05) is 30.9 Å². The van der Waals surface area contributed by atoms with Crippen molar-refractivity contribution in [1.29, 1.82) is 0 Å². The molecule has 2 rings (SSSR count). The zero-order valence-electron chi connectivity index (χ0n) is 8.31. The molecule has 2 heterocycles. The fourth-order valence-corrected chi connectivity index (χ4v) is 1.42. The number of aromatic nitrogens is 4. The van der Waals surface area contributed by atoms with E-state index in [1.54, 1.807) is 10.9 Å². The van der Waals surface area contributed by atoms with Crippen LogP contribution < -0.4 is 5.73 Å². The van der Waals surface area contributed by atoms with Crippen LogP contribution >= 0.6 is 0 Å². The van der Waals surface area contributed by atoms with Crippen molar-refractivity contribution in [3.63, 3.8) is 0 Å². The molecule has 0 unspecified atom stereocenters. The Bertz CT molecular complexity index is 420. The van der Waals surface area contributed by atoms with Crippen molar-refractivity contribution < 1.29 is 0 Å². The van der Waals surface area contributed by atoms with E-state index in [4.69, 9.17) is 5.73 Å². The highest BCUT2D eigenvalue weighted by Gasteiger charge is 2.04. The highest BCUT2D eigenvalue weighted by atomic mass is 15.2. The monoisotopic (exact) mass is 191 g/mol. The van der Waals surface area contributed by atoms with Gasteiger partial charge in [-0.15, -0.1) is 0 Å². The summed E-state index contributed by atoms with van der Waals surface area (Å²) in [5.41, 5.74) is 7.91. The van der Waals surface area contributed by atoms with Gasteiger partial charge in [-0.1, -0.05) is 0 Å². The van der Waals surface area contributed by atoms with Crippen molar-refractivity contribution in [2.75, 3.05) is 5.73 Å². The Morgan fingerprint density at radius 1 is 1.43 bits per heavy atom. The molecule has 0 saturated carbocycles. The lowest BCUT2D eigenvalue weighted by molar-refractivity contribution is 0.759. The normalized spacial score (nSPS) is 10.7. The van der Waals surface area contributed by atoms with Crippen molar-refractivity contribution in [1.82, 2.24) is 19.3 Å². The summed E-state index contributed by atoms with van der Waals surface area (Å²) in [6.07, 6.45) is 5.57. The van der Waals surface area contributed by atoms with E-state index in [2.05, 4.69) is 10.1 Å². The quantitative estimate of drug-likeness (QED) is 0.754. The van der Waals surface area contributed by atoms with Crippen molar-refractivity contribution in [2.45, 2.75) is 13.5 Å². The molecule has 0 bridgehead atoms. The number of aryl methyl sites for hydroxylation is 2. The smallest absolute Gasteiger partial charge is 0.200 e. The summed E-state index contributed by atoms with van der Waals surface area (Å²) in [6, 6.07) is 0. The standard InChI is InChI=1S/C9H13N5/c1-7-3-11-9(10)14(7)6-8-4-12-13(2)5-8/h3-5H,6H2,1-2H3,(H2,10,11). The van der Waals surface area contributed by atoms with Gasteiger partial charge in [0, 0.05) is 24.5 Å². The fraction of sp³-hybridized carbons (Fsp3) is 0.333. The molecule has 0 aliphatic heterocycles. The van der Waals surface area contributed by atoms with Gasteiger partial charge < -0.3 is 10.3 Å². The Morgan fingerprint density at radius 3 is 2.71 bits per heavy atom. The summed E-state index contributed by atoms with van der Waals surface area (Å²) >= 11 is 0. The van der Waals surface area contributed by atoms with Gasteiger partial charge in [-0.05, 0) is 6.92 Å². The average molecular weight is 191 g/mol. The third kappa shape index (κ3) is 1.48. The summed E-state index contributed by atoms with van der Waals surface area (Å²) in [5, 5.41) is 4.10. The Balaban J connectivity index is 2.26. The highest BCUT2D eigenvalue weighted by molar-refractivity contribution is 5.24. The summed E-state index contributed by atoms with van der Waals surface area (Å²) in [4.78, 5) is 4.03. The van der Waals surface area contributed by atoms with Crippen LogP contribution in [0.3, 0.4) is 0 Å². The predicted molar refractivity (Wildman–Crippen MR) is 53.7 cm³/mol. The molecule has 0 fully saturated rings. The second-order valence-electron chi connectivity index (χ2n) is 3.37. The molecule has 0 amide bonds. The summed E-state index contributed by atoms with van der Waals surface area (Å²) in [6.45, 7) is 2.71. The second-order valence-corrected chi connectivity index (χ2v) is 3.37. The van der Waals surface area contributed by atoms with Crippen LogP contribution in [-0.2, 0) is 13.6 Å². The van der Waals surface area contributed by atoms with E-state index in [1.165, 1.54) is 0 Å². The number of hydrogen-bond donors (Lipinski definition) is 1. The van der Waals surface area contributed by atoms with Gasteiger partial charge >= 0.3 is 0 Å². The number of nitrogens with two attached hydrogens (primary N) is 1. The number of nitrogens with zero attached hydrogens (tertiary/aromatic N) is 4. The third-order valence-electron chi connectivity index (χ3n) is 2.18. The molecule has 0 aromatic carbocycles. The fourth-order valence-electron chi connectivity index (χ4n) is 1.42. The molecule has 0 aliphatic rings. The molecule has 0 aliphatic carbocycles. The van der Waals surface area contributed by atoms with E-state index in [9.17, 15) is 0 Å².